The zero-order valence-electron chi connectivity index (χ0n) is 7.81. The summed E-state index contributed by atoms with van der Waals surface area (Å²) in [4.78, 5) is 26.8. The van der Waals surface area contributed by atoms with Crippen molar-refractivity contribution in [2.75, 3.05) is 0 Å². The predicted molar refractivity (Wildman–Crippen MR) is 47.6 cm³/mol. The lowest BCUT2D eigenvalue weighted by Gasteiger charge is -2.18. The second-order valence-electron chi connectivity index (χ2n) is 3.03. The SMILES string of the molecule is C=CCCC(=O)ON1C(=O)CCC1O. The molecule has 0 bridgehead atoms. The van der Waals surface area contributed by atoms with Gasteiger partial charge in [-0.3, -0.25) is 4.79 Å². The van der Waals surface area contributed by atoms with E-state index in [1.54, 1.807) is 6.08 Å². The molecule has 0 spiro atoms. The summed E-state index contributed by atoms with van der Waals surface area (Å²) < 4.78 is 0. The minimum Gasteiger partial charge on any atom is -0.370 e. The number of allylic oxidation sites excluding steroid dienone is 1. The van der Waals surface area contributed by atoms with Crippen LogP contribution in [0.15, 0.2) is 12.7 Å². The highest BCUT2D eigenvalue weighted by Gasteiger charge is 2.32. The molecule has 0 aromatic rings. The molecular weight excluding hydrogens is 186 g/mol. The number of amides is 1. The van der Waals surface area contributed by atoms with Gasteiger partial charge in [-0.15, -0.1) is 11.6 Å². The molecule has 5 heteroatoms. The molecule has 1 rings (SSSR count). The van der Waals surface area contributed by atoms with Crippen molar-refractivity contribution < 1.29 is 19.5 Å². The fraction of sp³-hybridized carbons (Fsp3) is 0.556. The van der Waals surface area contributed by atoms with Crippen LogP contribution in [0.1, 0.15) is 25.7 Å². The van der Waals surface area contributed by atoms with Crippen molar-refractivity contribution in [2.45, 2.75) is 31.9 Å². The Hall–Kier alpha value is -1.36. The number of carbonyl (C=O) groups is 2. The second kappa shape index (κ2) is 4.76. The van der Waals surface area contributed by atoms with E-state index in [1.807, 2.05) is 0 Å². The standard InChI is InChI=1S/C9H13NO4/c1-2-3-4-9(13)14-10-7(11)5-6-8(10)12/h2,7,11H,1,3-6H2. The molecule has 1 N–H and O–H groups in total. The number of nitrogens with zero attached hydrogens (tertiary/aromatic N) is 1. The molecule has 14 heavy (non-hydrogen) atoms. The first-order valence-electron chi connectivity index (χ1n) is 4.47. The Morgan fingerprint density at radius 2 is 2.50 bits per heavy atom. The Labute approximate surface area is 81.9 Å². The van der Waals surface area contributed by atoms with Crippen LogP contribution in [0.3, 0.4) is 0 Å². The number of hydroxylamine groups is 2. The Morgan fingerprint density at radius 1 is 1.79 bits per heavy atom. The molecule has 1 saturated heterocycles. The average molecular weight is 199 g/mol. The maximum atomic E-state index is 11.1. The van der Waals surface area contributed by atoms with E-state index < -0.39 is 12.2 Å². The molecule has 0 radical (unpaired) electrons. The topological polar surface area (TPSA) is 66.8 Å². The van der Waals surface area contributed by atoms with Gasteiger partial charge in [0.1, 0.15) is 0 Å². The van der Waals surface area contributed by atoms with Crippen molar-refractivity contribution in [3.05, 3.63) is 12.7 Å². The Morgan fingerprint density at radius 3 is 3.00 bits per heavy atom. The van der Waals surface area contributed by atoms with Crippen LogP contribution in [0.4, 0.5) is 0 Å². The van der Waals surface area contributed by atoms with Gasteiger partial charge in [-0.05, 0) is 6.42 Å². The van der Waals surface area contributed by atoms with Gasteiger partial charge in [-0.1, -0.05) is 6.08 Å². The van der Waals surface area contributed by atoms with E-state index in [0.29, 0.717) is 12.8 Å². The molecule has 1 heterocycles. The van der Waals surface area contributed by atoms with Gasteiger partial charge < -0.3 is 9.94 Å². The van der Waals surface area contributed by atoms with Crippen LogP contribution in [0.25, 0.3) is 0 Å². The Balaban J connectivity index is 2.38. The summed E-state index contributed by atoms with van der Waals surface area (Å²) in [5.41, 5.74) is 0. The summed E-state index contributed by atoms with van der Waals surface area (Å²) in [7, 11) is 0. The molecule has 78 valence electrons. The summed E-state index contributed by atoms with van der Waals surface area (Å²) in [6.07, 6.45) is 1.79. The van der Waals surface area contributed by atoms with Gasteiger partial charge in [0.05, 0.1) is 6.42 Å². The number of aliphatic hydroxyl groups excluding tert-OH is 1. The van der Waals surface area contributed by atoms with Crippen molar-refractivity contribution in [2.24, 2.45) is 0 Å². The molecule has 1 amide bonds. The van der Waals surface area contributed by atoms with E-state index in [0.717, 1.165) is 5.06 Å². The highest BCUT2D eigenvalue weighted by Crippen LogP contribution is 2.17. The zero-order chi connectivity index (χ0) is 10.6. The zero-order valence-corrected chi connectivity index (χ0v) is 7.81. The smallest absolute Gasteiger partial charge is 0.332 e. The third-order valence-electron chi connectivity index (χ3n) is 1.89. The molecule has 0 saturated carbocycles. The maximum absolute atomic E-state index is 11.1. The van der Waals surface area contributed by atoms with Gasteiger partial charge in [-0.25, -0.2) is 4.79 Å². The van der Waals surface area contributed by atoms with Crippen molar-refractivity contribution in [3.8, 4) is 0 Å². The van der Waals surface area contributed by atoms with Crippen LogP contribution in [-0.2, 0) is 14.4 Å². The van der Waals surface area contributed by atoms with E-state index in [-0.39, 0.29) is 18.7 Å². The van der Waals surface area contributed by atoms with Gasteiger partial charge in [0.2, 0.25) is 0 Å². The van der Waals surface area contributed by atoms with Gasteiger partial charge in [-0.2, -0.15) is 0 Å². The van der Waals surface area contributed by atoms with Gasteiger partial charge >= 0.3 is 5.97 Å². The number of hydrogen-bond donors (Lipinski definition) is 1. The lowest BCUT2D eigenvalue weighted by atomic mass is 10.3. The Bertz CT molecular complexity index is 251. The largest absolute Gasteiger partial charge is 0.370 e. The summed E-state index contributed by atoms with van der Waals surface area (Å²) in [6, 6.07) is 0. The van der Waals surface area contributed by atoms with Crippen molar-refractivity contribution in [1.29, 1.82) is 0 Å². The molecule has 5 nitrogen and oxygen atoms in total. The monoisotopic (exact) mass is 199 g/mol. The quantitative estimate of drug-likeness (QED) is 0.663. The highest BCUT2D eigenvalue weighted by atomic mass is 16.7. The fourth-order valence-electron chi connectivity index (χ4n) is 1.13. The normalized spacial score (nSPS) is 21.1. The number of hydrogen-bond acceptors (Lipinski definition) is 4. The summed E-state index contributed by atoms with van der Waals surface area (Å²) in [6.45, 7) is 3.46. The minimum absolute atomic E-state index is 0.167. The van der Waals surface area contributed by atoms with E-state index in [4.69, 9.17) is 0 Å². The molecule has 1 aliphatic heterocycles. The van der Waals surface area contributed by atoms with Crippen LogP contribution in [0.5, 0.6) is 0 Å². The summed E-state index contributed by atoms with van der Waals surface area (Å²) in [5, 5.41) is 9.98. The average Bonchev–Trinajstić information content (AvgIpc) is 2.46. The van der Waals surface area contributed by atoms with Crippen LogP contribution in [-0.4, -0.2) is 28.3 Å². The van der Waals surface area contributed by atoms with E-state index in [1.165, 1.54) is 0 Å². The summed E-state index contributed by atoms with van der Waals surface area (Å²) in [5.74, 6) is -0.886. The van der Waals surface area contributed by atoms with Crippen molar-refractivity contribution >= 4 is 11.9 Å². The second-order valence-corrected chi connectivity index (χ2v) is 3.03. The fourth-order valence-corrected chi connectivity index (χ4v) is 1.13. The molecular formula is C9H13NO4. The van der Waals surface area contributed by atoms with Crippen LogP contribution < -0.4 is 0 Å². The lowest BCUT2D eigenvalue weighted by Crippen LogP contribution is -2.35. The third-order valence-corrected chi connectivity index (χ3v) is 1.89. The molecule has 0 aromatic carbocycles. The Kier molecular flexibility index (Phi) is 3.64. The van der Waals surface area contributed by atoms with E-state index in [9.17, 15) is 14.7 Å². The maximum Gasteiger partial charge on any atom is 0.332 e. The van der Waals surface area contributed by atoms with E-state index in [2.05, 4.69) is 11.4 Å². The predicted octanol–water partition coefficient (Wildman–Crippen LogP) is 0.352. The summed E-state index contributed by atoms with van der Waals surface area (Å²) >= 11 is 0. The number of rotatable bonds is 4. The first-order chi connectivity index (χ1) is 6.65. The molecule has 0 aromatic heterocycles. The molecule has 1 aliphatic rings. The van der Waals surface area contributed by atoms with Gasteiger partial charge in [0, 0.05) is 12.8 Å². The van der Waals surface area contributed by atoms with Crippen molar-refractivity contribution in [3.63, 3.8) is 0 Å². The number of carbonyl (C=O) groups excluding carboxylic acids is 2. The van der Waals surface area contributed by atoms with E-state index >= 15 is 0 Å². The van der Waals surface area contributed by atoms with Crippen LogP contribution in [0, 0.1) is 0 Å². The van der Waals surface area contributed by atoms with Crippen LogP contribution in [0.2, 0.25) is 0 Å². The minimum atomic E-state index is -0.991. The first-order valence-corrected chi connectivity index (χ1v) is 4.47. The lowest BCUT2D eigenvalue weighted by molar-refractivity contribution is -0.220. The molecule has 1 atom stereocenters. The highest BCUT2D eigenvalue weighted by molar-refractivity contribution is 5.79. The number of aliphatic hydroxyl groups is 1. The molecule has 0 aliphatic carbocycles. The van der Waals surface area contributed by atoms with Gasteiger partial charge in [0.15, 0.2) is 6.23 Å². The molecule has 1 fully saturated rings. The molecule has 1 unspecified atom stereocenters. The van der Waals surface area contributed by atoms with Gasteiger partial charge in [0.25, 0.3) is 5.91 Å². The third kappa shape index (κ3) is 2.56. The van der Waals surface area contributed by atoms with Crippen LogP contribution >= 0.6 is 0 Å². The van der Waals surface area contributed by atoms with Crippen molar-refractivity contribution in [1.82, 2.24) is 5.06 Å². The first kappa shape index (κ1) is 10.7.